The Morgan fingerprint density at radius 3 is 2.84 bits per heavy atom. The van der Waals surface area contributed by atoms with Gasteiger partial charge in [-0.1, -0.05) is 0 Å². The van der Waals surface area contributed by atoms with E-state index in [9.17, 15) is 19.3 Å². The van der Waals surface area contributed by atoms with E-state index in [0.29, 0.717) is 13.2 Å². The number of hydrogen-bond acceptors (Lipinski definition) is 5. The fourth-order valence-electron chi connectivity index (χ4n) is 1.29. The topological polar surface area (TPSA) is 93.5 Å². The molecule has 0 heterocycles. The lowest BCUT2D eigenvalue weighted by Crippen LogP contribution is -2.30. The van der Waals surface area contributed by atoms with Crippen LogP contribution in [-0.4, -0.2) is 37.6 Å². The van der Waals surface area contributed by atoms with Crippen molar-refractivity contribution in [2.75, 3.05) is 32.1 Å². The molecule has 1 rings (SSSR count). The van der Waals surface area contributed by atoms with Crippen molar-refractivity contribution in [3.63, 3.8) is 0 Å². The van der Waals surface area contributed by atoms with Crippen LogP contribution in [0.3, 0.4) is 0 Å². The van der Waals surface area contributed by atoms with Gasteiger partial charge >= 0.3 is 0 Å². The highest BCUT2D eigenvalue weighted by atomic mass is 19.1. The number of nitro benzene ring substituents is 1. The number of benzene rings is 1. The molecule has 7 nitrogen and oxygen atoms in total. The number of anilines is 1. The third kappa shape index (κ3) is 4.98. The molecule has 0 spiro atoms. The van der Waals surface area contributed by atoms with Gasteiger partial charge in [0.25, 0.3) is 5.69 Å². The molecule has 0 unspecified atom stereocenters. The molecule has 1 amide bonds. The zero-order valence-electron chi connectivity index (χ0n) is 10.3. The lowest BCUT2D eigenvalue weighted by Gasteiger charge is -2.07. The van der Waals surface area contributed by atoms with Gasteiger partial charge in [0, 0.05) is 19.7 Å². The van der Waals surface area contributed by atoms with Gasteiger partial charge in [-0.25, -0.2) is 4.39 Å². The highest BCUT2D eigenvalue weighted by molar-refractivity contribution is 5.92. The number of nitrogens with one attached hydrogen (secondary N) is 2. The van der Waals surface area contributed by atoms with Crippen LogP contribution in [0.25, 0.3) is 0 Å². The Hall–Kier alpha value is -2.06. The molecule has 0 fully saturated rings. The fourth-order valence-corrected chi connectivity index (χ4v) is 1.29. The Balaban J connectivity index is 2.52. The SMILES string of the molecule is COCCNCC(=O)Nc1ccc([N+](=O)[O-])cc1F. The minimum atomic E-state index is -0.848. The number of carbonyl (C=O) groups excluding carboxylic acids is 1. The number of amides is 1. The average molecular weight is 271 g/mol. The van der Waals surface area contributed by atoms with E-state index in [1.165, 1.54) is 7.11 Å². The van der Waals surface area contributed by atoms with E-state index in [0.717, 1.165) is 18.2 Å². The predicted octanol–water partition coefficient (Wildman–Crippen LogP) is 0.908. The molecule has 0 bridgehead atoms. The predicted molar refractivity (Wildman–Crippen MR) is 66.4 cm³/mol. The third-order valence-corrected chi connectivity index (χ3v) is 2.21. The van der Waals surface area contributed by atoms with Crippen molar-refractivity contribution in [1.29, 1.82) is 0 Å². The van der Waals surface area contributed by atoms with E-state index in [1.54, 1.807) is 0 Å². The standard InChI is InChI=1S/C11H14FN3O4/c1-19-5-4-13-7-11(16)14-10-3-2-8(15(17)18)6-9(10)12/h2-3,6,13H,4-5,7H2,1H3,(H,14,16). The van der Waals surface area contributed by atoms with Crippen molar-refractivity contribution >= 4 is 17.3 Å². The van der Waals surface area contributed by atoms with Gasteiger partial charge in [-0.3, -0.25) is 14.9 Å². The first-order valence-electron chi connectivity index (χ1n) is 5.48. The monoisotopic (exact) mass is 271 g/mol. The van der Waals surface area contributed by atoms with Crippen LogP contribution in [0.2, 0.25) is 0 Å². The molecule has 0 saturated heterocycles. The number of ether oxygens (including phenoxy) is 1. The van der Waals surface area contributed by atoms with Crippen LogP contribution in [0.4, 0.5) is 15.8 Å². The zero-order valence-corrected chi connectivity index (χ0v) is 10.3. The normalized spacial score (nSPS) is 10.2. The maximum atomic E-state index is 13.5. The molecule has 0 atom stereocenters. The van der Waals surface area contributed by atoms with Crippen LogP contribution >= 0.6 is 0 Å². The zero-order chi connectivity index (χ0) is 14.3. The minimum absolute atomic E-state index is 0.000211. The Morgan fingerprint density at radius 1 is 1.53 bits per heavy atom. The first-order chi connectivity index (χ1) is 9.04. The molecule has 0 radical (unpaired) electrons. The number of non-ortho nitro benzene ring substituents is 1. The van der Waals surface area contributed by atoms with Gasteiger partial charge in [-0.2, -0.15) is 0 Å². The molecule has 2 N–H and O–H groups in total. The maximum Gasteiger partial charge on any atom is 0.272 e. The molecular weight excluding hydrogens is 257 g/mol. The van der Waals surface area contributed by atoms with E-state index in [-0.39, 0.29) is 17.9 Å². The molecule has 0 aliphatic rings. The summed E-state index contributed by atoms with van der Waals surface area (Å²) in [5.41, 5.74) is -0.460. The fraction of sp³-hybridized carbons (Fsp3) is 0.364. The molecule has 19 heavy (non-hydrogen) atoms. The maximum absolute atomic E-state index is 13.5. The van der Waals surface area contributed by atoms with Crippen LogP contribution < -0.4 is 10.6 Å². The van der Waals surface area contributed by atoms with Gasteiger partial charge < -0.3 is 15.4 Å². The van der Waals surface area contributed by atoms with Crippen molar-refractivity contribution in [1.82, 2.24) is 5.32 Å². The van der Waals surface area contributed by atoms with Crippen molar-refractivity contribution in [3.8, 4) is 0 Å². The number of nitro groups is 1. The average Bonchev–Trinajstić information content (AvgIpc) is 2.37. The molecule has 0 saturated carbocycles. The summed E-state index contributed by atoms with van der Waals surface area (Å²) in [6.07, 6.45) is 0. The first-order valence-corrected chi connectivity index (χ1v) is 5.48. The summed E-state index contributed by atoms with van der Waals surface area (Å²) >= 11 is 0. The number of methoxy groups -OCH3 is 1. The number of carbonyl (C=O) groups is 1. The first kappa shape index (κ1) is 15.0. The second-order valence-corrected chi connectivity index (χ2v) is 3.64. The molecular formula is C11H14FN3O4. The summed E-state index contributed by atoms with van der Waals surface area (Å²) < 4.78 is 18.2. The quantitative estimate of drug-likeness (QED) is 0.437. The van der Waals surface area contributed by atoms with E-state index >= 15 is 0 Å². The van der Waals surface area contributed by atoms with Crippen LogP contribution in [-0.2, 0) is 9.53 Å². The van der Waals surface area contributed by atoms with Crippen LogP contribution in [0.5, 0.6) is 0 Å². The summed E-state index contributed by atoms with van der Waals surface area (Å²) in [6.45, 7) is 0.950. The van der Waals surface area contributed by atoms with Gasteiger partial charge in [0.2, 0.25) is 5.91 Å². The van der Waals surface area contributed by atoms with Crippen molar-refractivity contribution in [2.45, 2.75) is 0 Å². The van der Waals surface area contributed by atoms with E-state index in [4.69, 9.17) is 4.74 Å². The number of nitrogens with zero attached hydrogens (tertiary/aromatic N) is 1. The van der Waals surface area contributed by atoms with Crippen LogP contribution in [0.1, 0.15) is 0 Å². The Morgan fingerprint density at radius 2 is 2.26 bits per heavy atom. The largest absolute Gasteiger partial charge is 0.383 e. The van der Waals surface area contributed by atoms with Crippen molar-refractivity contribution in [2.24, 2.45) is 0 Å². The Labute approximate surface area is 108 Å². The molecule has 104 valence electrons. The summed E-state index contributed by atoms with van der Waals surface area (Å²) in [7, 11) is 1.54. The lowest BCUT2D eigenvalue weighted by molar-refractivity contribution is -0.385. The van der Waals surface area contributed by atoms with Crippen LogP contribution in [0, 0.1) is 15.9 Å². The lowest BCUT2D eigenvalue weighted by atomic mass is 10.2. The van der Waals surface area contributed by atoms with Gasteiger partial charge in [-0.15, -0.1) is 0 Å². The summed E-state index contributed by atoms with van der Waals surface area (Å²) in [5.74, 6) is -1.29. The van der Waals surface area contributed by atoms with Crippen LogP contribution in [0.15, 0.2) is 18.2 Å². The Bertz CT molecular complexity index is 467. The Kier molecular flexibility index (Phi) is 5.83. The number of halogens is 1. The highest BCUT2D eigenvalue weighted by Gasteiger charge is 2.12. The van der Waals surface area contributed by atoms with Gasteiger partial charge in [-0.05, 0) is 6.07 Å². The van der Waals surface area contributed by atoms with E-state index in [2.05, 4.69) is 10.6 Å². The molecule has 0 aliphatic carbocycles. The third-order valence-electron chi connectivity index (χ3n) is 2.21. The number of rotatable bonds is 7. The molecule has 1 aromatic rings. The summed E-state index contributed by atoms with van der Waals surface area (Å²) in [4.78, 5) is 21.1. The molecule has 0 aliphatic heterocycles. The summed E-state index contributed by atoms with van der Waals surface area (Å²) in [5, 5.41) is 15.5. The van der Waals surface area contributed by atoms with Crippen molar-refractivity contribution in [3.05, 3.63) is 34.1 Å². The number of hydrogen-bond donors (Lipinski definition) is 2. The van der Waals surface area contributed by atoms with Gasteiger partial charge in [0.15, 0.2) is 5.82 Å². The minimum Gasteiger partial charge on any atom is -0.383 e. The molecule has 0 aromatic heterocycles. The van der Waals surface area contributed by atoms with Gasteiger partial charge in [0.05, 0.1) is 29.8 Å². The van der Waals surface area contributed by atoms with E-state index < -0.39 is 16.6 Å². The second-order valence-electron chi connectivity index (χ2n) is 3.64. The highest BCUT2D eigenvalue weighted by Crippen LogP contribution is 2.20. The molecule has 8 heteroatoms. The van der Waals surface area contributed by atoms with Gasteiger partial charge in [0.1, 0.15) is 0 Å². The second kappa shape index (κ2) is 7.39. The summed E-state index contributed by atoms with van der Waals surface area (Å²) in [6, 6.07) is 3.03. The van der Waals surface area contributed by atoms with E-state index in [1.807, 2.05) is 0 Å². The smallest absolute Gasteiger partial charge is 0.272 e. The van der Waals surface area contributed by atoms with Crippen molar-refractivity contribution < 1.29 is 18.8 Å². The molecule has 1 aromatic carbocycles.